The molecule has 0 spiro atoms. The molecule has 1 aromatic carbocycles. The molecular formula is C20H34N4. The Labute approximate surface area is 147 Å². The van der Waals surface area contributed by atoms with Crippen molar-refractivity contribution in [1.82, 2.24) is 15.5 Å². The summed E-state index contributed by atoms with van der Waals surface area (Å²) in [7, 11) is 1.86. The van der Waals surface area contributed by atoms with Crippen LogP contribution >= 0.6 is 0 Å². The number of piperidine rings is 1. The Balaban J connectivity index is 1.77. The highest BCUT2D eigenvalue weighted by molar-refractivity contribution is 5.80. The zero-order valence-corrected chi connectivity index (χ0v) is 15.6. The number of nitrogens with one attached hydrogen (secondary N) is 2. The Morgan fingerprint density at radius 3 is 2.50 bits per heavy atom. The van der Waals surface area contributed by atoms with Crippen molar-refractivity contribution in [3.8, 4) is 0 Å². The van der Waals surface area contributed by atoms with Crippen LogP contribution in [0.1, 0.15) is 50.7 Å². The fourth-order valence-corrected chi connectivity index (χ4v) is 3.32. The molecule has 24 heavy (non-hydrogen) atoms. The third-order valence-electron chi connectivity index (χ3n) is 4.93. The molecular weight excluding hydrogens is 296 g/mol. The molecule has 1 aliphatic rings. The standard InChI is InChI=1S/C20H34N4/c1-4-6-13-24-14-11-19(12-15-24)23-20(21-3)22-16-18-10-8-7-9-17(18)5-2/h7-10,19H,4-6,11-16H2,1-3H3,(H2,21,22,23). The van der Waals surface area contributed by atoms with Crippen LogP contribution in [0.4, 0.5) is 0 Å². The second-order valence-electron chi connectivity index (χ2n) is 6.66. The zero-order chi connectivity index (χ0) is 17.2. The quantitative estimate of drug-likeness (QED) is 0.596. The molecule has 0 aliphatic carbocycles. The van der Waals surface area contributed by atoms with Crippen molar-refractivity contribution in [2.24, 2.45) is 4.99 Å². The fourth-order valence-electron chi connectivity index (χ4n) is 3.32. The number of nitrogens with zero attached hydrogens (tertiary/aromatic N) is 2. The summed E-state index contributed by atoms with van der Waals surface area (Å²) >= 11 is 0. The fraction of sp³-hybridized carbons (Fsp3) is 0.650. The van der Waals surface area contributed by atoms with E-state index >= 15 is 0 Å². The molecule has 1 aromatic rings. The van der Waals surface area contributed by atoms with Gasteiger partial charge in [0.25, 0.3) is 0 Å². The van der Waals surface area contributed by atoms with Crippen molar-refractivity contribution in [2.45, 2.75) is 58.5 Å². The number of guanidine groups is 1. The van der Waals surface area contributed by atoms with Gasteiger partial charge in [-0.05, 0) is 43.4 Å². The number of unbranched alkanes of at least 4 members (excludes halogenated alkanes) is 1. The monoisotopic (exact) mass is 330 g/mol. The van der Waals surface area contributed by atoms with E-state index < -0.39 is 0 Å². The van der Waals surface area contributed by atoms with Gasteiger partial charge in [0.15, 0.2) is 5.96 Å². The van der Waals surface area contributed by atoms with E-state index in [0.717, 1.165) is 18.9 Å². The van der Waals surface area contributed by atoms with E-state index in [1.54, 1.807) is 0 Å². The lowest BCUT2D eigenvalue weighted by atomic mass is 10.0. The minimum Gasteiger partial charge on any atom is -0.354 e. The SMILES string of the molecule is CCCCN1CCC(NC(=NC)NCc2ccccc2CC)CC1. The topological polar surface area (TPSA) is 39.7 Å². The van der Waals surface area contributed by atoms with Gasteiger partial charge in [-0.2, -0.15) is 0 Å². The summed E-state index contributed by atoms with van der Waals surface area (Å²) in [6, 6.07) is 9.17. The van der Waals surface area contributed by atoms with E-state index in [1.807, 2.05) is 7.05 Å². The average molecular weight is 331 g/mol. The van der Waals surface area contributed by atoms with Crippen molar-refractivity contribution >= 4 is 5.96 Å². The molecule has 0 atom stereocenters. The van der Waals surface area contributed by atoms with Crippen LogP contribution in [0.25, 0.3) is 0 Å². The van der Waals surface area contributed by atoms with Crippen LogP contribution in [0, 0.1) is 0 Å². The van der Waals surface area contributed by atoms with Gasteiger partial charge in [-0.15, -0.1) is 0 Å². The molecule has 0 unspecified atom stereocenters. The van der Waals surface area contributed by atoms with Crippen LogP contribution in [-0.4, -0.2) is 43.6 Å². The summed E-state index contributed by atoms with van der Waals surface area (Å²) in [5, 5.41) is 7.08. The number of benzene rings is 1. The largest absolute Gasteiger partial charge is 0.354 e. The molecule has 2 rings (SSSR count). The predicted octanol–water partition coefficient (Wildman–Crippen LogP) is 3.18. The lowest BCUT2D eigenvalue weighted by molar-refractivity contribution is 0.203. The molecule has 0 bridgehead atoms. The molecule has 0 radical (unpaired) electrons. The van der Waals surface area contributed by atoms with E-state index in [9.17, 15) is 0 Å². The lowest BCUT2D eigenvalue weighted by Gasteiger charge is -2.33. The number of rotatable bonds is 7. The molecule has 2 N–H and O–H groups in total. The summed E-state index contributed by atoms with van der Waals surface area (Å²) in [6.45, 7) is 8.96. The molecule has 1 saturated heterocycles. The number of hydrogen-bond donors (Lipinski definition) is 2. The normalized spacial score (nSPS) is 17.0. The van der Waals surface area contributed by atoms with Gasteiger partial charge in [0.05, 0.1) is 0 Å². The highest BCUT2D eigenvalue weighted by Gasteiger charge is 2.19. The van der Waals surface area contributed by atoms with Crippen LogP contribution in [0.15, 0.2) is 29.3 Å². The molecule has 4 nitrogen and oxygen atoms in total. The number of aryl methyl sites for hydroxylation is 1. The maximum atomic E-state index is 4.40. The Morgan fingerprint density at radius 2 is 1.88 bits per heavy atom. The van der Waals surface area contributed by atoms with E-state index in [0.29, 0.717) is 6.04 Å². The van der Waals surface area contributed by atoms with Gasteiger partial charge in [-0.1, -0.05) is 44.5 Å². The third-order valence-corrected chi connectivity index (χ3v) is 4.93. The van der Waals surface area contributed by atoms with Gasteiger partial charge in [0.1, 0.15) is 0 Å². The lowest BCUT2D eigenvalue weighted by Crippen LogP contribution is -2.48. The van der Waals surface area contributed by atoms with Crippen molar-refractivity contribution in [2.75, 3.05) is 26.7 Å². The first kappa shape index (κ1) is 18.8. The molecule has 1 heterocycles. The molecule has 1 fully saturated rings. The summed E-state index contributed by atoms with van der Waals surface area (Å²) < 4.78 is 0. The van der Waals surface area contributed by atoms with Crippen molar-refractivity contribution in [3.63, 3.8) is 0 Å². The molecule has 134 valence electrons. The summed E-state index contributed by atoms with van der Waals surface area (Å²) in [6.07, 6.45) is 6.08. The number of likely N-dealkylation sites (tertiary alicyclic amines) is 1. The van der Waals surface area contributed by atoms with Crippen molar-refractivity contribution in [1.29, 1.82) is 0 Å². The minimum atomic E-state index is 0.537. The van der Waals surface area contributed by atoms with Crippen LogP contribution < -0.4 is 10.6 Å². The van der Waals surface area contributed by atoms with E-state index in [1.165, 1.54) is 56.4 Å². The molecule has 0 saturated carbocycles. The maximum absolute atomic E-state index is 4.40. The minimum absolute atomic E-state index is 0.537. The van der Waals surface area contributed by atoms with Gasteiger partial charge in [-0.25, -0.2) is 0 Å². The second-order valence-corrected chi connectivity index (χ2v) is 6.66. The highest BCUT2D eigenvalue weighted by Crippen LogP contribution is 2.12. The average Bonchev–Trinajstić information content (AvgIpc) is 2.64. The van der Waals surface area contributed by atoms with E-state index in [-0.39, 0.29) is 0 Å². The highest BCUT2D eigenvalue weighted by atomic mass is 15.2. The van der Waals surface area contributed by atoms with Crippen molar-refractivity contribution in [3.05, 3.63) is 35.4 Å². The van der Waals surface area contributed by atoms with Gasteiger partial charge >= 0.3 is 0 Å². The summed E-state index contributed by atoms with van der Waals surface area (Å²) in [4.78, 5) is 6.99. The van der Waals surface area contributed by atoms with Crippen molar-refractivity contribution < 1.29 is 0 Å². The van der Waals surface area contributed by atoms with Crippen LogP contribution in [0.3, 0.4) is 0 Å². The summed E-state index contributed by atoms with van der Waals surface area (Å²) in [5.74, 6) is 0.924. The van der Waals surface area contributed by atoms with Crippen LogP contribution in [0.5, 0.6) is 0 Å². The van der Waals surface area contributed by atoms with Crippen LogP contribution in [-0.2, 0) is 13.0 Å². The van der Waals surface area contributed by atoms with Gasteiger partial charge in [0.2, 0.25) is 0 Å². The molecule has 0 amide bonds. The first-order valence-electron chi connectivity index (χ1n) is 9.53. The van der Waals surface area contributed by atoms with E-state index in [4.69, 9.17) is 0 Å². The Kier molecular flexibility index (Phi) is 8.10. The third kappa shape index (κ3) is 5.82. The zero-order valence-electron chi connectivity index (χ0n) is 15.6. The smallest absolute Gasteiger partial charge is 0.191 e. The second kappa shape index (κ2) is 10.3. The number of hydrogen-bond acceptors (Lipinski definition) is 2. The van der Waals surface area contributed by atoms with Gasteiger partial charge < -0.3 is 15.5 Å². The molecule has 0 aromatic heterocycles. The predicted molar refractivity (Wildman–Crippen MR) is 104 cm³/mol. The number of aliphatic imine (C=N–C) groups is 1. The Bertz CT molecular complexity index is 504. The molecule has 1 aliphatic heterocycles. The summed E-state index contributed by atoms with van der Waals surface area (Å²) in [5.41, 5.74) is 2.77. The maximum Gasteiger partial charge on any atom is 0.191 e. The Morgan fingerprint density at radius 1 is 1.17 bits per heavy atom. The molecule has 4 heteroatoms. The van der Waals surface area contributed by atoms with Gasteiger partial charge in [-0.3, -0.25) is 4.99 Å². The van der Waals surface area contributed by atoms with E-state index in [2.05, 4.69) is 58.6 Å². The first-order chi connectivity index (χ1) is 11.8. The van der Waals surface area contributed by atoms with Gasteiger partial charge in [0, 0.05) is 32.7 Å². The van der Waals surface area contributed by atoms with Crippen LogP contribution in [0.2, 0.25) is 0 Å². The Hall–Kier alpha value is -1.55. The first-order valence-corrected chi connectivity index (χ1v) is 9.53.